The standard InChI is InChI=1S/C14H18I3NO2/c1-3-10(4-2)18(5-6-19)14(20)11-7-9(15)8-12(16)13(11)17/h7-8,10,19H,3-6H2,1-2H3. The Balaban J connectivity index is 3.18. The maximum absolute atomic E-state index is 12.8. The van der Waals surface area contributed by atoms with Gasteiger partial charge in [0.25, 0.3) is 5.91 Å². The Hall–Kier alpha value is 0.840. The fraction of sp³-hybridized carbons (Fsp3) is 0.500. The van der Waals surface area contributed by atoms with Crippen LogP contribution in [0, 0.1) is 10.7 Å². The molecule has 0 saturated carbocycles. The van der Waals surface area contributed by atoms with Crippen LogP contribution >= 0.6 is 67.8 Å². The molecular weight excluding hydrogens is 595 g/mol. The van der Waals surface area contributed by atoms with Gasteiger partial charge in [-0.3, -0.25) is 4.79 Å². The highest BCUT2D eigenvalue weighted by molar-refractivity contribution is 14.1. The van der Waals surface area contributed by atoms with Gasteiger partial charge in [0.2, 0.25) is 0 Å². The molecule has 1 N–H and O–H groups in total. The number of carbonyl (C=O) groups is 1. The van der Waals surface area contributed by atoms with Crippen LogP contribution < -0.4 is 0 Å². The molecule has 0 fully saturated rings. The van der Waals surface area contributed by atoms with E-state index < -0.39 is 0 Å². The molecule has 0 aromatic heterocycles. The average molecular weight is 613 g/mol. The van der Waals surface area contributed by atoms with Gasteiger partial charge in [0.05, 0.1) is 12.2 Å². The molecule has 0 aliphatic carbocycles. The minimum atomic E-state index is -0.000162. The zero-order valence-corrected chi connectivity index (χ0v) is 18.0. The third kappa shape index (κ3) is 4.67. The van der Waals surface area contributed by atoms with Gasteiger partial charge in [-0.25, -0.2) is 0 Å². The van der Waals surface area contributed by atoms with E-state index in [0.717, 1.165) is 29.1 Å². The van der Waals surface area contributed by atoms with E-state index in [2.05, 4.69) is 87.7 Å². The van der Waals surface area contributed by atoms with Crippen LogP contribution in [0.2, 0.25) is 0 Å². The molecule has 3 nitrogen and oxygen atoms in total. The van der Waals surface area contributed by atoms with Crippen LogP contribution in [-0.4, -0.2) is 35.1 Å². The first-order valence-electron chi connectivity index (χ1n) is 6.52. The van der Waals surface area contributed by atoms with E-state index in [1.54, 1.807) is 0 Å². The summed E-state index contributed by atoms with van der Waals surface area (Å²) in [6.45, 7) is 4.55. The molecule has 1 aromatic rings. The van der Waals surface area contributed by atoms with Crippen molar-refractivity contribution in [2.75, 3.05) is 13.2 Å². The minimum Gasteiger partial charge on any atom is -0.395 e. The first-order chi connectivity index (χ1) is 9.46. The average Bonchev–Trinajstić information content (AvgIpc) is 2.42. The number of amides is 1. The van der Waals surface area contributed by atoms with E-state index in [4.69, 9.17) is 0 Å². The van der Waals surface area contributed by atoms with E-state index in [9.17, 15) is 9.90 Å². The summed E-state index contributed by atoms with van der Waals surface area (Å²) in [6, 6.07) is 4.17. The fourth-order valence-corrected chi connectivity index (χ4v) is 4.54. The van der Waals surface area contributed by atoms with Crippen LogP contribution in [0.5, 0.6) is 0 Å². The maximum atomic E-state index is 12.8. The second-order valence-electron chi connectivity index (χ2n) is 4.44. The smallest absolute Gasteiger partial charge is 0.255 e. The Labute approximate surface area is 161 Å². The van der Waals surface area contributed by atoms with Crippen LogP contribution in [0.3, 0.4) is 0 Å². The summed E-state index contributed by atoms with van der Waals surface area (Å²) in [6.07, 6.45) is 1.81. The van der Waals surface area contributed by atoms with Crippen molar-refractivity contribution in [3.63, 3.8) is 0 Å². The number of carbonyl (C=O) groups excluding carboxylic acids is 1. The van der Waals surface area contributed by atoms with Crippen molar-refractivity contribution in [3.8, 4) is 0 Å². The molecule has 0 spiro atoms. The molecule has 112 valence electrons. The predicted octanol–water partition coefficient (Wildman–Crippen LogP) is 4.12. The van der Waals surface area contributed by atoms with Crippen LogP contribution in [0.25, 0.3) is 0 Å². The van der Waals surface area contributed by atoms with Gasteiger partial charge in [0.1, 0.15) is 0 Å². The molecule has 0 saturated heterocycles. The summed E-state index contributed by atoms with van der Waals surface area (Å²) < 4.78 is 3.14. The molecule has 0 aliphatic heterocycles. The Morgan fingerprint density at radius 3 is 2.35 bits per heavy atom. The molecule has 1 rings (SSSR count). The summed E-state index contributed by atoms with van der Waals surface area (Å²) in [7, 11) is 0. The summed E-state index contributed by atoms with van der Waals surface area (Å²) in [5.41, 5.74) is 0.738. The van der Waals surface area contributed by atoms with Gasteiger partial charge in [-0.15, -0.1) is 0 Å². The normalized spacial score (nSPS) is 10.9. The first-order valence-corrected chi connectivity index (χ1v) is 9.76. The largest absolute Gasteiger partial charge is 0.395 e. The summed E-state index contributed by atoms with van der Waals surface area (Å²) in [5, 5.41) is 9.25. The Morgan fingerprint density at radius 2 is 1.85 bits per heavy atom. The van der Waals surface area contributed by atoms with Crippen LogP contribution in [0.15, 0.2) is 12.1 Å². The first kappa shape index (κ1) is 18.9. The number of rotatable bonds is 6. The second kappa shape index (κ2) is 9.09. The van der Waals surface area contributed by atoms with E-state index in [1.807, 2.05) is 11.0 Å². The summed E-state index contributed by atoms with van der Waals surface area (Å²) >= 11 is 6.72. The molecule has 1 amide bonds. The van der Waals surface area contributed by atoms with Crippen molar-refractivity contribution in [2.24, 2.45) is 0 Å². The van der Waals surface area contributed by atoms with Crippen molar-refractivity contribution in [2.45, 2.75) is 32.7 Å². The number of hydrogen-bond donors (Lipinski definition) is 1. The summed E-state index contributed by atoms with van der Waals surface area (Å²) in [5.74, 6) is 0.0218. The van der Waals surface area contributed by atoms with Crippen LogP contribution in [-0.2, 0) is 0 Å². The van der Waals surface area contributed by atoms with Crippen molar-refractivity contribution in [1.29, 1.82) is 0 Å². The van der Waals surface area contributed by atoms with Crippen molar-refractivity contribution in [1.82, 2.24) is 4.90 Å². The number of aliphatic hydroxyl groups excluding tert-OH is 1. The molecule has 0 aliphatic rings. The van der Waals surface area contributed by atoms with Crippen molar-refractivity contribution >= 4 is 73.7 Å². The molecule has 0 atom stereocenters. The summed E-state index contributed by atoms with van der Waals surface area (Å²) in [4.78, 5) is 14.6. The van der Waals surface area contributed by atoms with Gasteiger partial charge in [0.15, 0.2) is 0 Å². The topological polar surface area (TPSA) is 40.5 Å². The van der Waals surface area contributed by atoms with Gasteiger partial charge in [-0.1, -0.05) is 13.8 Å². The highest BCUT2D eigenvalue weighted by Gasteiger charge is 2.24. The Morgan fingerprint density at radius 1 is 1.25 bits per heavy atom. The third-order valence-electron chi connectivity index (χ3n) is 3.21. The van der Waals surface area contributed by atoms with Gasteiger partial charge >= 0.3 is 0 Å². The lowest BCUT2D eigenvalue weighted by atomic mass is 10.1. The molecular formula is C14H18I3NO2. The number of benzene rings is 1. The zero-order chi connectivity index (χ0) is 15.3. The molecule has 0 heterocycles. The highest BCUT2D eigenvalue weighted by atomic mass is 127. The Bertz CT molecular complexity index is 476. The van der Waals surface area contributed by atoms with Gasteiger partial charge in [0, 0.05) is 23.3 Å². The van der Waals surface area contributed by atoms with Gasteiger partial charge < -0.3 is 10.0 Å². The number of aliphatic hydroxyl groups is 1. The molecule has 6 heteroatoms. The third-order valence-corrected chi connectivity index (χ3v) is 6.88. The number of hydrogen-bond acceptors (Lipinski definition) is 2. The SMILES string of the molecule is CCC(CC)N(CCO)C(=O)c1cc(I)cc(I)c1I. The van der Waals surface area contributed by atoms with Crippen molar-refractivity contribution in [3.05, 3.63) is 28.4 Å². The van der Waals surface area contributed by atoms with E-state index in [0.29, 0.717) is 6.54 Å². The lowest BCUT2D eigenvalue weighted by Crippen LogP contribution is -2.42. The lowest BCUT2D eigenvalue weighted by molar-refractivity contribution is 0.0621. The van der Waals surface area contributed by atoms with E-state index in [-0.39, 0.29) is 18.6 Å². The van der Waals surface area contributed by atoms with Gasteiger partial charge in [-0.05, 0) is 92.7 Å². The van der Waals surface area contributed by atoms with Crippen molar-refractivity contribution < 1.29 is 9.90 Å². The monoisotopic (exact) mass is 613 g/mol. The van der Waals surface area contributed by atoms with Crippen LogP contribution in [0.4, 0.5) is 0 Å². The highest BCUT2D eigenvalue weighted by Crippen LogP contribution is 2.25. The van der Waals surface area contributed by atoms with Crippen LogP contribution in [0.1, 0.15) is 37.0 Å². The fourth-order valence-electron chi connectivity index (χ4n) is 2.15. The number of nitrogens with zero attached hydrogens (tertiary/aromatic N) is 1. The quantitative estimate of drug-likeness (QED) is 0.388. The van der Waals surface area contributed by atoms with E-state index in [1.165, 1.54) is 0 Å². The minimum absolute atomic E-state index is 0.000162. The van der Waals surface area contributed by atoms with Gasteiger partial charge in [-0.2, -0.15) is 0 Å². The molecule has 1 aromatic carbocycles. The molecule has 20 heavy (non-hydrogen) atoms. The zero-order valence-electron chi connectivity index (χ0n) is 11.5. The maximum Gasteiger partial charge on any atom is 0.255 e. The second-order valence-corrected chi connectivity index (χ2v) is 7.93. The Kier molecular flexibility index (Phi) is 8.58. The molecule has 0 unspecified atom stereocenters. The van der Waals surface area contributed by atoms with E-state index >= 15 is 0 Å². The number of halogens is 3. The lowest BCUT2D eigenvalue weighted by Gasteiger charge is -2.30. The molecule has 0 bridgehead atoms. The molecule has 0 radical (unpaired) electrons. The predicted molar refractivity (Wildman–Crippen MR) is 107 cm³/mol.